The van der Waals surface area contributed by atoms with Gasteiger partial charge in [-0.1, -0.05) is 256 Å². The Balaban J connectivity index is 3.82. The summed E-state index contributed by atoms with van der Waals surface area (Å²) < 4.78 is 22.5. The minimum atomic E-state index is -1.61. The molecule has 0 heterocycles. The highest BCUT2D eigenvalue weighted by atomic mass is 16.7. The lowest BCUT2D eigenvalue weighted by Gasteiger charge is -2.26. The van der Waals surface area contributed by atoms with Crippen molar-refractivity contribution in [3.63, 3.8) is 0 Å². The third-order valence-electron chi connectivity index (χ3n) is 13.4. The fraction of sp³-hybridized carbons (Fsp3) is 0.855. The molecular formula is C62H115NO8. The second-order valence-electron chi connectivity index (χ2n) is 21.6. The molecule has 0 bridgehead atoms. The number of carbonyl (C=O) groups excluding carboxylic acids is 3. The highest BCUT2D eigenvalue weighted by Gasteiger charge is 2.22. The van der Waals surface area contributed by atoms with Crippen molar-refractivity contribution in [2.75, 3.05) is 47.5 Å². The number of carboxylic acid groups (broad SMARTS) is 1. The molecule has 0 aliphatic rings. The summed E-state index contributed by atoms with van der Waals surface area (Å²) in [4.78, 5) is 36.9. The van der Waals surface area contributed by atoms with Gasteiger partial charge in [0.25, 0.3) is 0 Å². The topological polar surface area (TPSA) is 111 Å². The molecule has 0 fully saturated rings. The van der Waals surface area contributed by atoms with Gasteiger partial charge in [0.05, 0.1) is 40.3 Å². The monoisotopic (exact) mass is 1000 g/mol. The van der Waals surface area contributed by atoms with Crippen LogP contribution in [-0.2, 0) is 33.3 Å². The smallest absolute Gasteiger partial charge is 0.306 e. The van der Waals surface area contributed by atoms with Crippen LogP contribution in [0.4, 0.5) is 0 Å². The lowest BCUT2D eigenvalue weighted by molar-refractivity contribution is -0.870. The first-order valence-electron chi connectivity index (χ1n) is 30.1. The number of unbranched alkanes of at least 4 members (excludes halogenated alkanes) is 35. The maximum atomic E-state index is 12.8. The van der Waals surface area contributed by atoms with E-state index in [0.29, 0.717) is 17.4 Å². The van der Waals surface area contributed by atoms with Crippen molar-refractivity contribution in [2.24, 2.45) is 0 Å². The zero-order valence-electron chi connectivity index (χ0n) is 47.4. The van der Waals surface area contributed by atoms with Crippen LogP contribution in [0.2, 0.25) is 0 Å². The summed E-state index contributed by atoms with van der Waals surface area (Å²) >= 11 is 0. The number of carboxylic acids is 1. The van der Waals surface area contributed by atoms with Crippen molar-refractivity contribution in [3.05, 3.63) is 36.5 Å². The molecule has 0 saturated carbocycles. The molecule has 416 valence electrons. The highest BCUT2D eigenvalue weighted by molar-refractivity contribution is 5.70. The molecule has 9 heteroatoms. The van der Waals surface area contributed by atoms with E-state index >= 15 is 0 Å². The molecule has 0 spiro atoms. The van der Waals surface area contributed by atoms with Crippen LogP contribution in [0.5, 0.6) is 0 Å². The molecule has 0 aromatic rings. The van der Waals surface area contributed by atoms with E-state index in [4.69, 9.17) is 18.9 Å². The maximum absolute atomic E-state index is 12.8. The SMILES string of the molecule is CCCCCCC/C=C\C/C=C\C/C=C\CCCCCCCCCCCCCCCCCCCCCCCCCCC(=O)OC(COC(=O)CCCCCCCCC)COC(OCC[N+](C)(C)C)C(=O)[O-]. The normalized spacial score (nSPS) is 13.0. The molecule has 0 aromatic carbocycles. The number of ether oxygens (including phenoxy) is 4. The lowest BCUT2D eigenvalue weighted by atomic mass is 10.0. The van der Waals surface area contributed by atoms with E-state index in [1.807, 2.05) is 21.1 Å². The Bertz CT molecular complexity index is 1260. The Morgan fingerprint density at radius 2 is 0.761 bits per heavy atom. The van der Waals surface area contributed by atoms with Gasteiger partial charge >= 0.3 is 11.9 Å². The molecule has 0 amide bonds. The van der Waals surface area contributed by atoms with E-state index < -0.39 is 24.3 Å². The minimum absolute atomic E-state index is 0.151. The van der Waals surface area contributed by atoms with Gasteiger partial charge in [0.15, 0.2) is 12.4 Å². The number of quaternary nitrogens is 1. The number of nitrogens with zero attached hydrogens (tertiary/aromatic N) is 1. The van der Waals surface area contributed by atoms with Crippen LogP contribution in [0.25, 0.3) is 0 Å². The highest BCUT2D eigenvalue weighted by Crippen LogP contribution is 2.17. The average molecular weight is 1000 g/mol. The zero-order chi connectivity index (χ0) is 52.0. The number of hydrogen-bond acceptors (Lipinski definition) is 8. The lowest BCUT2D eigenvalue weighted by Crippen LogP contribution is -2.44. The molecule has 0 aromatic heterocycles. The van der Waals surface area contributed by atoms with Crippen molar-refractivity contribution in [2.45, 2.75) is 296 Å². The minimum Gasteiger partial charge on any atom is -0.545 e. The van der Waals surface area contributed by atoms with Gasteiger partial charge < -0.3 is 33.3 Å². The second kappa shape index (κ2) is 53.8. The molecular weight excluding hydrogens is 887 g/mol. The summed E-state index contributed by atoms with van der Waals surface area (Å²) in [5.41, 5.74) is 0. The van der Waals surface area contributed by atoms with Crippen LogP contribution >= 0.6 is 0 Å². The molecule has 0 N–H and O–H groups in total. The number of hydrogen-bond donors (Lipinski definition) is 0. The molecule has 2 atom stereocenters. The fourth-order valence-electron chi connectivity index (χ4n) is 8.72. The number of rotatable bonds is 56. The Morgan fingerprint density at radius 3 is 1.13 bits per heavy atom. The van der Waals surface area contributed by atoms with Gasteiger partial charge in [-0.05, 0) is 51.4 Å². The molecule has 0 aliphatic heterocycles. The molecule has 0 saturated heterocycles. The molecule has 9 nitrogen and oxygen atoms in total. The maximum Gasteiger partial charge on any atom is 0.306 e. The zero-order valence-corrected chi connectivity index (χ0v) is 47.4. The van der Waals surface area contributed by atoms with E-state index in [0.717, 1.165) is 51.4 Å². The van der Waals surface area contributed by atoms with Crippen LogP contribution in [-0.4, -0.2) is 82.3 Å². The third kappa shape index (κ3) is 55.1. The predicted molar refractivity (Wildman–Crippen MR) is 297 cm³/mol. The van der Waals surface area contributed by atoms with Crippen LogP contribution in [0.15, 0.2) is 36.5 Å². The number of allylic oxidation sites excluding steroid dienone is 6. The quantitative estimate of drug-likeness (QED) is 0.0195. The Morgan fingerprint density at radius 1 is 0.423 bits per heavy atom. The first-order valence-corrected chi connectivity index (χ1v) is 30.1. The molecule has 0 aliphatic carbocycles. The van der Waals surface area contributed by atoms with Crippen LogP contribution in [0.1, 0.15) is 284 Å². The van der Waals surface area contributed by atoms with Crippen molar-refractivity contribution in [1.82, 2.24) is 0 Å². The first-order chi connectivity index (χ1) is 34.6. The van der Waals surface area contributed by atoms with Gasteiger partial charge in [-0.15, -0.1) is 0 Å². The third-order valence-corrected chi connectivity index (χ3v) is 13.4. The standard InChI is InChI=1S/C62H115NO8/c1-6-8-10-12-14-15-16-17-18-19-20-21-22-23-24-25-26-27-28-29-30-31-32-33-34-35-36-37-38-39-40-41-42-43-44-45-47-49-51-53-60(65)71-58(56-69-59(64)52-50-48-46-13-11-9-7-2)57-70-62(61(66)67)68-55-54-63(3,4)5/h16-17,19-20,22-23,58,62H,6-15,18,21,24-57H2,1-5H3/b17-16-,20-19-,23-22-. The van der Waals surface area contributed by atoms with Crippen molar-refractivity contribution in [1.29, 1.82) is 0 Å². The molecule has 0 radical (unpaired) electrons. The summed E-state index contributed by atoms with van der Waals surface area (Å²) in [5.74, 6) is -2.28. The number of esters is 2. The summed E-state index contributed by atoms with van der Waals surface area (Å²) in [6.07, 6.45) is 62.6. The van der Waals surface area contributed by atoms with E-state index in [1.54, 1.807) is 0 Å². The van der Waals surface area contributed by atoms with Crippen LogP contribution in [0, 0.1) is 0 Å². The molecule has 0 rings (SSSR count). The second-order valence-corrected chi connectivity index (χ2v) is 21.6. The van der Waals surface area contributed by atoms with Gasteiger partial charge in [-0.25, -0.2) is 0 Å². The molecule has 71 heavy (non-hydrogen) atoms. The van der Waals surface area contributed by atoms with Crippen LogP contribution < -0.4 is 5.11 Å². The predicted octanol–water partition coefficient (Wildman–Crippen LogP) is 16.3. The average Bonchev–Trinajstić information content (AvgIpc) is 3.34. The largest absolute Gasteiger partial charge is 0.545 e. The Labute approximate surface area is 439 Å². The summed E-state index contributed by atoms with van der Waals surface area (Å²) in [6, 6.07) is 0. The van der Waals surface area contributed by atoms with Gasteiger partial charge in [-0.2, -0.15) is 0 Å². The van der Waals surface area contributed by atoms with Crippen molar-refractivity contribution >= 4 is 17.9 Å². The van der Waals surface area contributed by atoms with E-state index in [9.17, 15) is 19.5 Å². The Kier molecular flexibility index (Phi) is 51.9. The van der Waals surface area contributed by atoms with E-state index in [2.05, 4.69) is 50.3 Å². The number of likely N-dealkylation sites (N-methyl/N-ethyl adjacent to an activating group) is 1. The van der Waals surface area contributed by atoms with Gasteiger partial charge in [-0.3, -0.25) is 9.59 Å². The van der Waals surface area contributed by atoms with E-state index in [-0.39, 0.29) is 32.2 Å². The van der Waals surface area contributed by atoms with E-state index in [1.165, 1.54) is 205 Å². The van der Waals surface area contributed by atoms with Crippen molar-refractivity contribution in [3.8, 4) is 0 Å². The number of aliphatic carboxylic acids is 1. The van der Waals surface area contributed by atoms with Gasteiger partial charge in [0.2, 0.25) is 0 Å². The van der Waals surface area contributed by atoms with Gasteiger partial charge in [0.1, 0.15) is 13.2 Å². The van der Waals surface area contributed by atoms with Gasteiger partial charge in [0, 0.05) is 12.8 Å². The first kappa shape index (κ1) is 68.5. The number of carbonyl (C=O) groups is 3. The summed E-state index contributed by atoms with van der Waals surface area (Å²) in [7, 11) is 5.92. The summed E-state index contributed by atoms with van der Waals surface area (Å²) in [5, 5.41) is 11.7. The van der Waals surface area contributed by atoms with Crippen LogP contribution in [0.3, 0.4) is 0 Å². The fourth-order valence-corrected chi connectivity index (χ4v) is 8.72. The van der Waals surface area contributed by atoms with Crippen molar-refractivity contribution < 1.29 is 42.9 Å². The Hall–Kier alpha value is -2.49. The summed E-state index contributed by atoms with van der Waals surface area (Å²) in [6.45, 7) is 4.71. The molecule has 2 unspecified atom stereocenters.